The Balaban J connectivity index is 2.07. The van der Waals surface area contributed by atoms with Crippen LogP contribution in [0.2, 0.25) is 0 Å². The molecule has 29 heavy (non-hydrogen) atoms. The molecule has 2 aromatic rings. The molecule has 0 saturated heterocycles. The van der Waals surface area contributed by atoms with E-state index in [4.69, 9.17) is 9.47 Å². The van der Waals surface area contributed by atoms with Crippen molar-refractivity contribution in [1.82, 2.24) is 0 Å². The number of carbonyl (C=O) groups is 1. The SMILES string of the molecule is CCN(CC)c1ccc(N/C=C(/C#N)C(=O)Nc2ccc(OC)c(OC)c2)cc1. The normalized spacial score (nSPS) is 10.7. The second kappa shape index (κ2) is 10.6. The van der Waals surface area contributed by atoms with Gasteiger partial charge >= 0.3 is 0 Å². The monoisotopic (exact) mass is 394 g/mol. The van der Waals surface area contributed by atoms with Gasteiger partial charge in [0.1, 0.15) is 11.6 Å². The minimum Gasteiger partial charge on any atom is -0.493 e. The van der Waals surface area contributed by atoms with Gasteiger partial charge in [-0.2, -0.15) is 5.26 Å². The summed E-state index contributed by atoms with van der Waals surface area (Å²) in [7, 11) is 3.05. The van der Waals surface area contributed by atoms with Crippen LogP contribution in [0.3, 0.4) is 0 Å². The van der Waals surface area contributed by atoms with Crippen LogP contribution < -0.4 is 25.0 Å². The average molecular weight is 394 g/mol. The molecule has 0 spiro atoms. The van der Waals surface area contributed by atoms with Crippen molar-refractivity contribution in [3.8, 4) is 17.6 Å². The number of nitriles is 1. The topological polar surface area (TPSA) is 86.6 Å². The minimum absolute atomic E-state index is 0.0485. The van der Waals surface area contributed by atoms with Crippen LogP contribution in [0.25, 0.3) is 0 Å². The van der Waals surface area contributed by atoms with Crippen LogP contribution in [0, 0.1) is 11.3 Å². The van der Waals surface area contributed by atoms with Crippen LogP contribution in [-0.2, 0) is 4.79 Å². The Labute approximate surface area is 171 Å². The Morgan fingerprint density at radius 2 is 1.66 bits per heavy atom. The number of rotatable bonds is 9. The predicted molar refractivity (Wildman–Crippen MR) is 115 cm³/mol. The molecule has 0 bridgehead atoms. The summed E-state index contributed by atoms with van der Waals surface area (Å²) < 4.78 is 10.4. The molecule has 0 heterocycles. The highest BCUT2D eigenvalue weighted by atomic mass is 16.5. The third-order valence-corrected chi connectivity index (χ3v) is 4.39. The van der Waals surface area contributed by atoms with E-state index in [0.717, 1.165) is 24.5 Å². The molecule has 7 nitrogen and oxygen atoms in total. The molecule has 0 atom stereocenters. The quantitative estimate of drug-likeness (QED) is 0.494. The van der Waals surface area contributed by atoms with E-state index in [0.29, 0.717) is 17.2 Å². The zero-order valence-electron chi connectivity index (χ0n) is 17.2. The minimum atomic E-state index is -0.521. The number of amides is 1. The highest BCUT2D eigenvalue weighted by Gasteiger charge is 2.11. The van der Waals surface area contributed by atoms with E-state index in [1.54, 1.807) is 18.2 Å². The molecular formula is C22H26N4O3. The first-order chi connectivity index (χ1) is 14.1. The molecule has 0 unspecified atom stereocenters. The second-order valence-corrected chi connectivity index (χ2v) is 6.06. The fourth-order valence-corrected chi connectivity index (χ4v) is 2.77. The predicted octanol–water partition coefficient (Wildman–Crippen LogP) is 4.01. The Morgan fingerprint density at radius 1 is 1.03 bits per heavy atom. The number of nitrogens with zero attached hydrogens (tertiary/aromatic N) is 2. The van der Waals surface area contributed by atoms with Crippen LogP contribution in [0.15, 0.2) is 54.2 Å². The van der Waals surface area contributed by atoms with E-state index >= 15 is 0 Å². The van der Waals surface area contributed by atoms with Crippen molar-refractivity contribution < 1.29 is 14.3 Å². The molecule has 1 amide bonds. The van der Waals surface area contributed by atoms with Gasteiger partial charge in [0, 0.05) is 42.4 Å². The largest absolute Gasteiger partial charge is 0.493 e. The molecule has 152 valence electrons. The van der Waals surface area contributed by atoms with Crippen molar-refractivity contribution in [3.63, 3.8) is 0 Å². The number of hydrogen-bond acceptors (Lipinski definition) is 6. The van der Waals surface area contributed by atoms with Crippen LogP contribution in [0.4, 0.5) is 17.1 Å². The van der Waals surface area contributed by atoms with Crippen molar-refractivity contribution in [2.75, 3.05) is 42.8 Å². The number of benzene rings is 2. The summed E-state index contributed by atoms with van der Waals surface area (Å²) in [4.78, 5) is 14.7. The molecule has 2 rings (SSSR count). The van der Waals surface area contributed by atoms with Crippen LogP contribution in [0.5, 0.6) is 11.5 Å². The maximum absolute atomic E-state index is 12.4. The first-order valence-corrected chi connectivity index (χ1v) is 9.31. The van der Waals surface area contributed by atoms with Gasteiger partial charge < -0.3 is 25.0 Å². The summed E-state index contributed by atoms with van der Waals surface area (Å²) in [6.45, 7) is 6.07. The van der Waals surface area contributed by atoms with Crippen molar-refractivity contribution in [1.29, 1.82) is 5.26 Å². The van der Waals surface area contributed by atoms with E-state index in [-0.39, 0.29) is 5.57 Å². The molecule has 2 aromatic carbocycles. The van der Waals surface area contributed by atoms with Gasteiger partial charge in [-0.05, 0) is 50.2 Å². The van der Waals surface area contributed by atoms with Crippen LogP contribution >= 0.6 is 0 Å². The number of ether oxygens (including phenoxy) is 2. The number of hydrogen-bond donors (Lipinski definition) is 2. The Morgan fingerprint density at radius 3 is 2.21 bits per heavy atom. The van der Waals surface area contributed by atoms with Gasteiger partial charge in [0.15, 0.2) is 11.5 Å². The van der Waals surface area contributed by atoms with Gasteiger partial charge in [0.25, 0.3) is 5.91 Å². The lowest BCUT2D eigenvalue weighted by atomic mass is 10.2. The van der Waals surface area contributed by atoms with E-state index < -0.39 is 5.91 Å². The summed E-state index contributed by atoms with van der Waals surface area (Å²) in [5, 5.41) is 15.0. The van der Waals surface area contributed by atoms with Crippen molar-refractivity contribution in [2.24, 2.45) is 0 Å². The molecule has 0 saturated carbocycles. The third-order valence-electron chi connectivity index (χ3n) is 4.39. The van der Waals surface area contributed by atoms with Gasteiger partial charge in [-0.15, -0.1) is 0 Å². The lowest BCUT2D eigenvalue weighted by molar-refractivity contribution is -0.112. The van der Waals surface area contributed by atoms with E-state index in [1.807, 2.05) is 30.3 Å². The molecule has 7 heteroatoms. The molecule has 0 radical (unpaired) electrons. The zero-order valence-corrected chi connectivity index (χ0v) is 17.2. The summed E-state index contributed by atoms with van der Waals surface area (Å²) in [6, 6.07) is 14.7. The number of anilines is 3. The Kier molecular flexibility index (Phi) is 7.92. The van der Waals surface area contributed by atoms with Gasteiger partial charge in [-0.3, -0.25) is 4.79 Å². The molecule has 0 aliphatic carbocycles. The molecular weight excluding hydrogens is 368 g/mol. The summed E-state index contributed by atoms with van der Waals surface area (Å²) in [5.41, 5.74) is 2.36. The van der Waals surface area contributed by atoms with E-state index in [1.165, 1.54) is 20.4 Å². The van der Waals surface area contributed by atoms with Crippen LogP contribution in [-0.4, -0.2) is 33.2 Å². The summed E-state index contributed by atoms with van der Waals surface area (Å²) in [5.74, 6) is 0.516. The molecule has 2 N–H and O–H groups in total. The summed E-state index contributed by atoms with van der Waals surface area (Å²) >= 11 is 0. The maximum Gasteiger partial charge on any atom is 0.267 e. The molecule has 0 fully saturated rings. The smallest absolute Gasteiger partial charge is 0.267 e. The Bertz CT molecular complexity index is 897. The third kappa shape index (κ3) is 5.66. The average Bonchev–Trinajstić information content (AvgIpc) is 2.75. The maximum atomic E-state index is 12.4. The number of carbonyl (C=O) groups excluding carboxylic acids is 1. The fraction of sp³-hybridized carbons (Fsp3) is 0.273. The number of nitrogens with one attached hydrogen (secondary N) is 2. The highest BCUT2D eigenvalue weighted by molar-refractivity contribution is 6.06. The molecule has 0 aliphatic rings. The number of methoxy groups -OCH3 is 2. The van der Waals surface area contributed by atoms with Gasteiger partial charge in [-0.1, -0.05) is 0 Å². The van der Waals surface area contributed by atoms with Crippen molar-refractivity contribution in [2.45, 2.75) is 13.8 Å². The fourth-order valence-electron chi connectivity index (χ4n) is 2.77. The summed E-state index contributed by atoms with van der Waals surface area (Å²) in [6.07, 6.45) is 1.39. The molecule has 0 aliphatic heterocycles. The van der Waals surface area contributed by atoms with Gasteiger partial charge in [0.05, 0.1) is 14.2 Å². The highest BCUT2D eigenvalue weighted by Crippen LogP contribution is 2.29. The first-order valence-electron chi connectivity index (χ1n) is 9.31. The Hall–Kier alpha value is -3.66. The van der Waals surface area contributed by atoms with Crippen molar-refractivity contribution in [3.05, 3.63) is 54.2 Å². The van der Waals surface area contributed by atoms with Gasteiger partial charge in [-0.25, -0.2) is 0 Å². The van der Waals surface area contributed by atoms with Crippen LogP contribution in [0.1, 0.15) is 13.8 Å². The molecule has 0 aromatic heterocycles. The zero-order chi connectivity index (χ0) is 21.2. The van der Waals surface area contributed by atoms with Crippen molar-refractivity contribution >= 4 is 23.0 Å². The second-order valence-electron chi connectivity index (χ2n) is 6.06. The standard InChI is InChI=1S/C22H26N4O3/c1-5-26(6-2)19-10-7-17(8-11-19)24-15-16(14-23)22(27)25-18-9-12-20(28-3)21(13-18)29-4/h7-13,15,24H,5-6H2,1-4H3,(H,25,27)/b16-15-. The first kappa shape index (κ1) is 21.6. The van der Waals surface area contributed by atoms with E-state index in [9.17, 15) is 10.1 Å². The lowest BCUT2D eigenvalue weighted by Gasteiger charge is -2.21. The van der Waals surface area contributed by atoms with E-state index in [2.05, 4.69) is 29.4 Å². The van der Waals surface area contributed by atoms with Gasteiger partial charge in [0.2, 0.25) is 0 Å². The lowest BCUT2D eigenvalue weighted by Crippen LogP contribution is -2.21.